The molecule has 1 N–H and O–H groups in total. The first kappa shape index (κ1) is 9.54. The first-order chi connectivity index (χ1) is 5.84. The average molecular weight is 189 g/mol. The molecule has 12 heavy (non-hydrogen) atoms. The second-order valence-electron chi connectivity index (χ2n) is 2.25. The number of carbonyl (C=O) groups is 1. The van der Waals surface area contributed by atoms with Crippen LogP contribution in [0.2, 0.25) is 0 Å². The van der Waals surface area contributed by atoms with Gasteiger partial charge in [0.25, 0.3) is 0 Å². The van der Waals surface area contributed by atoms with Crippen molar-refractivity contribution in [3.8, 4) is 0 Å². The van der Waals surface area contributed by atoms with E-state index in [2.05, 4.69) is 4.99 Å². The van der Waals surface area contributed by atoms with Crippen LogP contribution in [0.15, 0.2) is 4.99 Å². The number of hydrogen-bond acceptors (Lipinski definition) is 5. The third-order valence-electron chi connectivity index (χ3n) is 1.30. The number of nitrogens with zero attached hydrogens (tertiary/aromatic N) is 1. The summed E-state index contributed by atoms with van der Waals surface area (Å²) in [7, 11) is 0. The van der Waals surface area contributed by atoms with E-state index in [0.717, 1.165) is 5.75 Å². The van der Waals surface area contributed by atoms with Crippen LogP contribution in [-0.4, -0.2) is 41.6 Å². The Morgan fingerprint density at radius 2 is 2.58 bits per heavy atom. The molecule has 0 saturated carbocycles. The number of aliphatic hydroxyl groups is 1. The van der Waals surface area contributed by atoms with E-state index in [-0.39, 0.29) is 19.2 Å². The summed E-state index contributed by atoms with van der Waals surface area (Å²) in [4.78, 5) is 15.0. The highest BCUT2D eigenvalue weighted by Gasteiger charge is 2.16. The second-order valence-corrected chi connectivity index (χ2v) is 3.33. The molecule has 0 fully saturated rings. The molecule has 0 aliphatic carbocycles. The van der Waals surface area contributed by atoms with Crippen LogP contribution >= 0.6 is 11.8 Å². The Hall–Kier alpha value is -0.550. The van der Waals surface area contributed by atoms with Gasteiger partial charge < -0.3 is 9.84 Å². The summed E-state index contributed by atoms with van der Waals surface area (Å²) in [5, 5.41) is 8.88. The van der Waals surface area contributed by atoms with Crippen LogP contribution < -0.4 is 0 Å². The van der Waals surface area contributed by atoms with Gasteiger partial charge in [0.1, 0.15) is 0 Å². The van der Waals surface area contributed by atoms with Crippen LogP contribution in [0.3, 0.4) is 0 Å². The highest BCUT2D eigenvalue weighted by molar-refractivity contribution is 8.16. The predicted molar refractivity (Wildman–Crippen MR) is 47.4 cm³/mol. The van der Waals surface area contributed by atoms with Crippen LogP contribution in [0.1, 0.15) is 6.42 Å². The molecule has 0 spiro atoms. The molecule has 5 heteroatoms. The van der Waals surface area contributed by atoms with Gasteiger partial charge in [0.05, 0.1) is 6.61 Å². The average Bonchev–Trinajstić information content (AvgIpc) is 2.56. The van der Waals surface area contributed by atoms with Crippen molar-refractivity contribution in [1.82, 2.24) is 0 Å². The minimum absolute atomic E-state index is 0.0485. The second kappa shape index (κ2) is 5.16. The number of ether oxygens (including phenoxy) is 1. The number of aliphatic imine (C=N–C) groups is 1. The van der Waals surface area contributed by atoms with E-state index in [4.69, 9.17) is 9.84 Å². The minimum Gasteiger partial charge on any atom is -0.460 e. The van der Waals surface area contributed by atoms with Crippen molar-refractivity contribution in [2.45, 2.75) is 6.42 Å². The molecule has 0 aromatic carbocycles. The number of esters is 1. The van der Waals surface area contributed by atoms with Crippen LogP contribution in [0.4, 0.5) is 0 Å². The third kappa shape index (κ3) is 2.83. The highest BCUT2D eigenvalue weighted by Crippen LogP contribution is 2.12. The SMILES string of the molecule is O=C(OCCCO)C1=NCCS1. The van der Waals surface area contributed by atoms with Crippen molar-refractivity contribution in [2.75, 3.05) is 25.5 Å². The molecular weight excluding hydrogens is 178 g/mol. The van der Waals surface area contributed by atoms with E-state index in [1.54, 1.807) is 0 Å². The van der Waals surface area contributed by atoms with Crippen molar-refractivity contribution >= 4 is 22.8 Å². The topological polar surface area (TPSA) is 58.9 Å². The van der Waals surface area contributed by atoms with Gasteiger partial charge in [0.2, 0.25) is 0 Å². The number of hydrogen-bond donors (Lipinski definition) is 1. The van der Waals surface area contributed by atoms with Gasteiger partial charge in [-0.1, -0.05) is 11.8 Å². The van der Waals surface area contributed by atoms with Gasteiger partial charge in [-0.3, -0.25) is 4.99 Å². The van der Waals surface area contributed by atoms with Crippen molar-refractivity contribution in [1.29, 1.82) is 0 Å². The summed E-state index contributed by atoms with van der Waals surface area (Å²) < 4.78 is 4.82. The zero-order chi connectivity index (χ0) is 8.81. The molecule has 0 bridgehead atoms. The fourth-order valence-corrected chi connectivity index (χ4v) is 1.49. The van der Waals surface area contributed by atoms with Crippen molar-refractivity contribution in [2.24, 2.45) is 4.99 Å². The van der Waals surface area contributed by atoms with Crippen LogP contribution in [0, 0.1) is 0 Å². The monoisotopic (exact) mass is 189 g/mol. The Balaban J connectivity index is 2.19. The van der Waals surface area contributed by atoms with E-state index in [1.807, 2.05) is 0 Å². The molecule has 0 radical (unpaired) electrons. The molecule has 1 aliphatic heterocycles. The van der Waals surface area contributed by atoms with Gasteiger partial charge in [-0.05, 0) is 0 Å². The highest BCUT2D eigenvalue weighted by atomic mass is 32.2. The Labute approximate surface area is 75.0 Å². The number of rotatable bonds is 4. The molecule has 0 aromatic heterocycles. The van der Waals surface area contributed by atoms with Gasteiger partial charge in [-0.15, -0.1) is 0 Å². The van der Waals surface area contributed by atoms with Crippen molar-refractivity contribution in [3.05, 3.63) is 0 Å². The first-order valence-corrected chi connectivity index (χ1v) is 4.78. The maximum Gasteiger partial charge on any atom is 0.363 e. The number of carbonyl (C=O) groups excluding carboxylic acids is 1. The normalized spacial score (nSPS) is 15.9. The van der Waals surface area contributed by atoms with Crippen molar-refractivity contribution < 1.29 is 14.6 Å². The van der Waals surface area contributed by atoms with Crippen LogP contribution in [-0.2, 0) is 9.53 Å². The lowest BCUT2D eigenvalue weighted by Gasteiger charge is -2.01. The first-order valence-electron chi connectivity index (χ1n) is 3.80. The van der Waals surface area contributed by atoms with Gasteiger partial charge in [-0.2, -0.15) is 0 Å². The molecular formula is C7H11NO3S. The van der Waals surface area contributed by atoms with Crippen molar-refractivity contribution in [3.63, 3.8) is 0 Å². The summed E-state index contributed by atoms with van der Waals surface area (Å²) >= 11 is 1.42. The summed E-state index contributed by atoms with van der Waals surface area (Å²) in [5.74, 6) is 0.510. The largest absolute Gasteiger partial charge is 0.460 e. The zero-order valence-corrected chi connectivity index (χ0v) is 7.47. The maximum atomic E-state index is 11.1. The van der Waals surface area contributed by atoms with Gasteiger partial charge in [0.15, 0.2) is 5.04 Å². The predicted octanol–water partition coefficient (Wildman–Crippen LogP) is 0.0573. The molecule has 0 saturated heterocycles. The Morgan fingerprint density at radius 3 is 3.17 bits per heavy atom. The Bertz CT molecular complexity index is 193. The summed E-state index contributed by atoms with van der Waals surface area (Å²) in [6.45, 7) is 1.02. The fraction of sp³-hybridized carbons (Fsp3) is 0.714. The van der Waals surface area contributed by atoms with E-state index in [0.29, 0.717) is 18.0 Å². The summed E-state index contributed by atoms with van der Waals surface area (Å²) in [6.07, 6.45) is 0.490. The fourth-order valence-electron chi connectivity index (χ4n) is 0.750. The molecule has 0 amide bonds. The lowest BCUT2D eigenvalue weighted by atomic mass is 10.5. The van der Waals surface area contributed by atoms with Gasteiger partial charge in [-0.25, -0.2) is 4.79 Å². The van der Waals surface area contributed by atoms with E-state index in [1.165, 1.54) is 11.8 Å². The molecule has 4 nitrogen and oxygen atoms in total. The molecule has 0 atom stereocenters. The quantitative estimate of drug-likeness (QED) is 0.501. The molecule has 1 rings (SSSR count). The standard InChI is InChI=1S/C7H11NO3S/c9-3-1-4-11-7(10)6-8-2-5-12-6/h9H,1-5H2. The molecule has 0 aromatic rings. The van der Waals surface area contributed by atoms with E-state index >= 15 is 0 Å². The Kier molecular flexibility index (Phi) is 4.10. The maximum absolute atomic E-state index is 11.1. The summed E-state index contributed by atoms with van der Waals surface area (Å²) in [5.41, 5.74) is 0. The van der Waals surface area contributed by atoms with E-state index < -0.39 is 0 Å². The third-order valence-corrected chi connectivity index (χ3v) is 2.25. The lowest BCUT2D eigenvalue weighted by molar-refractivity contribution is -0.135. The molecule has 68 valence electrons. The Morgan fingerprint density at radius 1 is 1.75 bits per heavy atom. The minimum atomic E-state index is -0.356. The lowest BCUT2D eigenvalue weighted by Crippen LogP contribution is -2.14. The van der Waals surface area contributed by atoms with Gasteiger partial charge >= 0.3 is 5.97 Å². The molecule has 1 heterocycles. The smallest absolute Gasteiger partial charge is 0.363 e. The molecule has 0 unspecified atom stereocenters. The number of aliphatic hydroxyl groups excluding tert-OH is 1. The van der Waals surface area contributed by atoms with Gasteiger partial charge in [0, 0.05) is 25.3 Å². The summed E-state index contributed by atoms with van der Waals surface area (Å²) in [6, 6.07) is 0. The van der Waals surface area contributed by atoms with E-state index in [9.17, 15) is 4.79 Å². The number of thioether (sulfide) groups is 1. The molecule has 1 aliphatic rings. The zero-order valence-electron chi connectivity index (χ0n) is 6.65. The van der Waals surface area contributed by atoms with Crippen LogP contribution in [0.5, 0.6) is 0 Å². The van der Waals surface area contributed by atoms with Crippen LogP contribution in [0.25, 0.3) is 0 Å².